The molecule has 0 aliphatic rings. The Morgan fingerprint density at radius 3 is 2.20 bits per heavy atom. The maximum absolute atomic E-state index is 5.97. The van der Waals surface area contributed by atoms with Crippen molar-refractivity contribution in [3.63, 3.8) is 0 Å². The van der Waals surface area contributed by atoms with Crippen LogP contribution in [0.4, 0.5) is 0 Å². The molecule has 0 N–H and O–H groups in total. The van der Waals surface area contributed by atoms with Gasteiger partial charge in [-0.2, -0.15) is 0 Å². The monoisotopic (exact) mass is 224 g/mol. The van der Waals surface area contributed by atoms with Crippen molar-refractivity contribution in [3.8, 4) is 0 Å². The first-order valence-corrected chi connectivity index (χ1v) is 6.72. The Labute approximate surface area is 94.1 Å². The predicted molar refractivity (Wildman–Crippen MR) is 65.8 cm³/mol. The third kappa shape index (κ3) is 3.78. The van der Waals surface area contributed by atoms with Crippen molar-refractivity contribution in [2.75, 3.05) is 7.11 Å². The van der Waals surface area contributed by atoms with Gasteiger partial charge in [0.2, 0.25) is 0 Å². The molecule has 0 aliphatic heterocycles. The summed E-state index contributed by atoms with van der Waals surface area (Å²) in [5, 5.41) is 1.23. The summed E-state index contributed by atoms with van der Waals surface area (Å²) in [6, 6.07) is 8.27. The zero-order chi connectivity index (χ0) is 11.5. The molecule has 1 rings (SSSR count). The molecule has 0 amide bonds. The first kappa shape index (κ1) is 12.4. The summed E-state index contributed by atoms with van der Waals surface area (Å²) in [4.78, 5) is 0. The van der Waals surface area contributed by atoms with Crippen molar-refractivity contribution in [2.24, 2.45) is 0 Å². The topological polar surface area (TPSA) is 18.5 Å². The summed E-state index contributed by atoms with van der Waals surface area (Å²) < 4.78 is 11.5. The molecule has 1 unspecified atom stereocenters. The molecule has 0 radical (unpaired) electrons. The van der Waals surface area contributed by atoms with Crippen LogP contribution < -0.4 is 5.19 Å². The van der Waals surface area contributed by atoms with Crippen LogP contribution in [0.15, 0.2) is 24.3 Å². The van der Waals surface area contributed by atoms with E-state index >= 15 is 0 Å². The van der Waals surface area contributed by atoms with Crippen LogP contribution in [0.25, 0.3) is 0 Å². The lowest BCUT2D eigenvalue weighted by atomic mass is 10.2. The second-order valence-corrected chi connectivity index (χ2v) is 6.65. The van der Waals surface area contributed by atoms with Crippen molar-refractivity contribution in [1.82, 2.24) is 0 Å². The van der Waals surface area contributed by atoms with E-state index in [1.165, 1.54) is 10.8 Å². The van der Waals surface area contributed by atoms with Crippen LogP contribution in [0.2, 0.25) is 0 Å². The van der Waals surface area contributed by atoms with Gasteiger partial charge in [-0.05, 0) is 38.4 Å². The number of aryl methyl sites for hydroxylation is 1. The van der Waals surface area contributed by atoms with Crippen LogP contribution in [0, 0.1) is 6.92 Å². The largest absolute Gasteiger partial charge is 0.397 e. The lowest BCUT2D eigenvalue weighted by molar-refractivity contribution is 0.0982. The number of hydrogen-bond donors (Lipinski definition) is 0. The lowest BCUT2D eigenvalue weighted by Gasteiger charge is -2.26. The highest BCUT2D eigenvalue weighted by atomic mass is 28.3. The van der Waals surface area contributed by atoms with Gasteiger partial charge in [0.1, 0.15) is 0 Å². The van der Waals surface area contributed by atoms with Crippen molar-refractivity contribution < 1.29 is 8.85 Å². The predicted octanol–water partition coefficient (Wildman–Crippen LogP) is 1.88. The summed E-state index contributed by atoms with van der Waals surface area (Å²) in [5.74, 6) is 0. The smallest absolute Gasteiger partial charge is 0.356 e. The average Bonchev–Trinajstić information content (AvgIpc) is 2.14. The Kier molecular flexibility index (Phi) is 4.08. The first-order chi connectivity index (χ1) is 6.94. The lowest BCUT2D eigenvalue weighted by Crippen LogP contribution is -2.43. The second-order valence-electron chi connectivity index (χ2n) is 4.65. The van der Waals surface area contributed by atoms with Crippen LogP contribution in [-0.2, 0) is 8.85 Å². The zero-order valence-corrected chi connectivity index (χ0v) is 11.4. The molecule has 0 saturated heterocycles. The van der Waals surface area contributed by atoms with E-state index in [1.807, 2.05) is 12.1 Å². The van der Waals surface area contributed by atoms with Crippen LogP contribution in [0.1, 0.15) is 26.3 Å². The molecule has 0 spiro atoms. The molecule has 15 heavy (non-hydrogen) atoms. The van der Waals surface area contributed by atoms with E-state index in [1.54, 1.807) is 7.11 Å². The highest BCUT2D eigenvalue weighted by molar-refractivity contribution is 6.61. The molecular weight excluding hydrogens is 204 g/mol. The Morgan fingerprint density at radius 1 is 1.13 bits per heavy atom. The van der Waals surface area contributed by atoms with Gasteiger partial charge < -0.3 is 8.85 Å². The van der Waals surface area contributed by atoms with Crippen molar-refractivity contribution >= 4 is 14.5 Å². The van der Waals surface area contributed by atoms with Gasteiger partial charge in [-0.25, -0.2) is 0 Å². The van der Waals surface area contributed by atoms with Crippen molar-refractivity contribution in [3.05, 3.63) is 29.8 Å². The van der Waals surface area contributed by atoms with Crippen molar-refractivity contribution in [1.29, 1.82) is 0 Å². The number of hydrogen-bond acceptors (Lipinski definition) is 2. The molecule has 0 fully saturated rings. The molecule has 3 heteroatoms. The molecule has 1 aromatic rings. The summed E-state index contributed by atoms with van der Waals surface area (Å²) >= 11 is 0. The van der Waals surface area contributed by atoms with Gasteiger partial charge in [-0.3, -0.25) is 0 Å². The van der Waals surface area contributed by atoms with Gasteiger partial charge in [-0.1, -0.05) is 24.3 Å². The molecule has 0 saturated carbocycles. The van der Waals surface area contributed by atoms with Crippen molar-refractivity contribution in [2.45, 2.75) is 33.3 Å². The minimum atomic E-state index is -1.74. The fourth-order valence-electron chi connectivity index (χ4n) is 1.41. The van der Waals surface area contributed by atoms with E-state index < -0.39 is 9.28 Å². The zero-order valence-electron chi connectivity index (χ0n) is 10.2. The normalized spacial score (nSPS) is 13.9. The van der Waals surface area contributed by atoms with Crippen LogP contribution in [0.3, 0.4) is 0 Å². The molecule has 1 aromatic carbocycles. The van der Waals surface area contributed by atoms with E-state index in [9.17, 15) is 0 Å². The Hall–Kier alpha value is -0.643. The van der Waals surface area contributed by atoms with Crippen LogP contribution >= 0.6 is 0 Å². The third-order valence-electron chi connectivity index (χ3n) is 2.12. The van der Waals surface area contributed by atoms with E-state index in [2.05, 4.69) is 39.8 Å². The van der Waals surface area contributed by atoms with E-state index in [0.717, 1.165) is 0 Å². The van der Waals surface area contributed by atoms with Gasteiger partial charge in [-0.15, -0.1) is 0 Å². The van der Waals surface area contributed by atoms with Crippen LogP contribution in [0.5, 0.6) is 0 Å². The van der Waals surface area contributed by atoms with E-state index in [-0.39, 0.29) is 5.60 Å². The number of benzene rings is 1. The summed E-state index contributed by atoms with van der Waals surface area (Å²) in [6.07, 6.45) is 0. The maximum atomic E-state index is 5.97. The standard InChI is InChI=1S/C12H20O2Si/c1-10-8-6-7-9-11(10)15(13-5)14-12(2,3)4/h6-9,15H,1-5H3. The van der Waals surface area contributed by atoms with Gasteiger partial charge in [0.05, 0.1) is 5.60 Å². The van der Waals surface area contributed by atoms with Gasteiger partial charge in [0.15, 0.2) is 0 Å². The molecule has 1 atom stereocenters. The summed E-state index contributed by atoms with van der Waals surface area (Å²) in [5.41, 5.74) is 1.11. The van der Waals surface area contributed by atoms with Crippen LogP contribution in [-0.4, -0.2) is 22.0 Å². The first-order valence-electron chi connectivity index (χ1n) is 5.20. The molecule has 84 valence electrons. The highest BCUT2D eigenvalue weighted by Gasteiger charge is 2.23. The quantitative estimate of drug-likeness (QED) is 0.730. The second kappa shape index (κ2) is 4.92. The van der Waals surface area contributed by atoms with Gasteiger partial charge >= 0.3 is 9.28 Å². The number of rotatable bonds is 3. The van der Waals surface area contributed by atoms with Gasteiger partial charge in [0, 0.05) is 7.11 Å². The average molecular weight is 224 g/mol. The molecule has 0 aromatic heterocycles. The maximum Gasteiger partial charge on any atom is 0.356 e. The molecule has 2 nitrogen and oxygen atoms in total. The highest BCUT2D eigenvalue weighted by Crippen LogP contribution is 2.10. The minimum absolute atomic E-state index is 0.144. The Balaban J connectivity index is 2.88. The summed E-state index contributed by atoms with van der Waals surface area (Å²) in [6.45, 7) is 8.28. The van der Waals surface area contributed by atoms with E-state index in [0.29, 0.717) is 0 Å². The summed E-state index contributed by atoms with van der Waals surface area (Å²) in [7, 11) is -0.00440. The molecule has 0 aliphatic carbocycles. The minimum Gasteiger partial charge on any atom is -0.397 e. The van der Waals surface area contributed by atoms with Gasteiger partial charge in [0.25, 0.3) is 0 Å². The molecule has 0 bridgehead atoms. The fourth-order valence-corrected chi connectivity index (χ4v) is 3.27. The fraction of sp³-hybridized carbons (Fsp3) is 0.500. The molecular formula is C12H20O2Si. The SMILES string of the molecule is CO[SiH](OC(C)(C)C)c1ccccc1C. The molecule has 0 heterocycles. The third-order valence-corrected chi connectivity index (χ3v) is 4.62. The Morgan fingerprint density at radius 2 is 1.73 bits per heavy atom. The van der Waals surface area contributed by atoms with E-state index in [4.69, 9.17) is 8.85 Å². The Bertz CT molecular complexity index is 318.